The van der Waals surface area contributed by atoms with E-state index in [-0.39, 0.29) is 0 Å². The number of rotatable bonds is 2. The van der Waals surface area contributed by atoms with Crippen LogP contribution >= 0.6 is 0 Å². The fraction of sp³-hybridized carbons (Fsp3) is 0.600. The van der Waals surface area contributed by atoms with Crippen LogP contribution in [-0.4, -0.2) is 30.1 Å². The van der Waals surface area contributed by atoms with Crippen molar-refractivity contribution in [2.75, 3.05) is 19.6 Å². The minimum atomic E-state index is 0.447. The molecule has 1 aromatic rings. The molecule has 2 atom stereocenters. The minimum absolute atomic E-state index is 0.447. The molecule has 92 valence electrons. The zero-order valence-corrected chi connectivity index (χ0v) is 10.7. The molecule has 0 saturated carbocycles. The van der Waals surface area contributed by atoms with Crippen molar-refractivity contribution < 1.29 is 0 Å². The quantitative estimate of drug-likeness (QED) is 0.840. The van der Waals surface area contributed by atoms with E-state index >= 15 is 0 Å². The van der Waals surface area contributed by atoms with Gasteiger partial charge in [0.05, 0.1) is 0 Å². The Morgan fingerprint density at radius 3 is 2.76 bits per heavy atom. The number of nitrogens with one attached hydrogen (secondary N) is 1. The zero-order valence-electron chi connectivity index (χ0n) is 10.7. The van der Waals surface area contributed by atoms with Crippen LogP contribution in [0.25, 0.3) is 0 Å². The van der Waals surface area contributed by atoms with Crippen LogP contribution in [0.2, 0.25) is 0 Å². The van der Waals surface area contributed by atoms with Gasteiger partial charge in [0.2, 0.25) is 0 Å². The summed E-state index contributed by atoms with van der Waals surface area (Å²) in [5, 5.41) is 3.73. The van der Waals surface area contributed by atoms with Crippen molar-refractivity contribution in [3.8, 4) is 0 Å². The van der Waals surface area contributed by atoms with E-state index in [1.54, 1.807) is 0 Å². The second-order valence-corrected chi connectivity index (χ2v) is 5.62. The Hall–Kier alpha value is -0.860. The maximum atomic E-state index is 3.73. The van der Waals surface area contributed by atoms with Gasteiger partial charge in [-0.15, -0.1) is 0 Å². The molecule has 17 heavy (non-hydrogen) atoms. The van der Waals surface area contributed by atoms with Crippen LogP contribution in [0.5, 0.6) is 0 Å². The van der Waals surface area contributed by atoms with Gasteiger partial charge in [0.25, 0.3) is 0 Å². The first-order chi connectivity index (χ1) is 8.29. The Morgan fingerprint density at radius 2 is 2.06 bits per heavy atom. The lowest BCUT2D eigenvalue weighted by molar-refractivity contribution is 0.238. The summed E-state index contributed by atoms with van der Waals surface area (Å²) in [6.45, 7) is 6.02. The summed E-state index contributed by atoms with van der Waals surface area (Å²) < 4.78 is 0. The monoisotopic (exact) mass is 230 g/mol. The molecule has 2 heterocycles. The van der Waals surface area contributed by atoms with Crippen LogP contribution in [0, 0.1) is 0 Å². The number of benzene rings is 1. The van der Waals surface area contributed by atoms with Gasteiger partial charge in [0.15, 0.2) is 0 Å². The summed E-state index contributed by atoms with van der Waals surface area (Å²) in [4.78, 5) is 2.63. The molecule has 0 amide bonds. The van der Waals surface area contributed by atoms with Gasteiger partial charge in [-0.1, -0.05) is 30.3 Å². The smallest absolute Gasteiger partial charge is 0.0321 e. The lowest BCUT2D eigenvalue weighted by Crippen LogP contribution is -2.42. The fourth-order valence-corrected chi connectivity index (χ4v) is 3.39. The third kappa shape index (κ3) is 2.12. The third-order valence-corrected chi connectivity index (χ3v) is 4.55. The van der Waals surface area contributed by atoms with Gasteiger partial charge < -0.3 is 5.32 Å². The highest BCUT2D eigenvalue weighted by Crippen LogP contribution is 2.34. The van der Waals surface area contributed by atoms with Gasteiger partial charge in [-0.3, -0.25) is 4.90 Å². The summed E-state index contributed by atoms with van der Waals surface area (Å²) >= 11 is 0. The molecule has 1 aromatic carbocycles. The van der Waals surface area contributed by atoms with E-state index in [1.807, 2.05) is 0 Å². The first-order valence-electron chi connectivity index (χ1n) is 6.83. The highest BCUT2D eigenvalue weighted by Gasteiger charge is 2.41. The van der Waals surface area contributed by atoms with Crippen molar-refractivity contribution in [3.05, 3.63) is 35.9 Å². The van der Waals surface area contributed by atoms with Crippen LogP contribution in [0.3, 0.4) is 0 Å². The highest BCUT2D eigenvalue weighted by atomic mass is 15.2. The lowest BCUT2D eigenvalue weighted by Gasteiger charge is -2.28. The van der Waals surface area contributed by atoms with Crippen LogP contribution in [0.4, 0.5) is 0 Å². The van der Waals surface area contributed by atoms with Crippen molar-refractivity contribution >= 4 is 0 Å². The number of likely N-dealkylation sites (tertiary alicyclic amines) is 1. The van der Waals surface area contributed by atoms with Crippen molar-refractivity contribution in [1.29, 1.82) is 0 Å². The summed E-state index contributed by atoms with van der Waals surface area (Å²) in [6.07, 6.45) is 4.04. The predicted molar refractivity (Wildman–Crippen MR) is 71.0 cm³/mol. The van der Waals surface area contributed by atoms with Crippen LogP contribution < -0.4 is 5.32 Å². The second kappa shape index (κ2) is 4.43. The van der Waals surface area contributed by atoms with Gasteiger partial charge in [-0.25, -0.2) is 0 Å². The normalized spacial score (nSPS) is 31.1. The van der Waals surface area contributed by atoms with Crippen LogP contribution in [-0.2, 0) is 0 Å². The first-order valence-corrected chi connectivity index (χ1v) is 6.83. The lowest BCUT2D eigenvalue weighted by atomic mass is 9.97. The predicted octanol–water partition coefficient (Wildman–Crippen LogP) is 2.58. The van der Waals surface area contributed by atoms with Crippen molar-refractivity contribution in [2.24, 2.45) is 0 Å². The molecule has 3 rings (SSSR count). The molecule has 2 saturated heterocycles. The van der Waals surface area contributed by atoms with Crippen LogP contribution in [0.15, 0.2) is 30.3 Å². The SMILES string of the molecule is C[C@@H](c1ccccc1)N1CC[C@@]2(CCCN2)C1. The number of nitrogens with zero attached hydrogens (tertiary/aromatic N) is 1. The van der Waals surface area contributed by atoms with Gasteiger partial charge in [0, 0.05) is 24.7 Å². The maximum absolute atomic E-state index is 3.73. The summed E-state index contributed by atoms with van der Waals surface area (Å²) in [5.74, 6) is 0. The molecule has 0 bridgehead atoms. The van der Waals surface area contributed by atoms with E-state index in [0.29, 0.717) is 11.6 Å². The molecular weight excluding hydrogens is 208 g/mol. The van der Waals surface area contributed by atoms with Crippen LogP contribution in [0.1, 0.15) is 37.8 Å². The molecule has 2 nitrogen and oxygen atoms in total. The minimum Gasteiger partial charge on any atom is -0.310 e. The van der Waals surface area contributed by atoms with E-state index in [2.05, 4.69) is 47.5 Å². The standard InChI is InChI=1S/C15H22N2/c1-13(14-6-3-2-4-7-14)17-11-9-15(12-17)8-5-10-16-15/h2-4,6-7,13,16H,5,8-12H2,1H3/t13-,15-/m0/s1. The highest BCUT2D eigenvalue weighted by molar-refractivity contribution is 5.19. The average Bonchev–Trinajstić information content (AvgIpc) is 3.01. The Morgan fingerprint density at radius 1 is 1.24 bits per heavy atom. The van der Waals surface area contributed by atoms with Gasteiger partial charge in [-0.2, -0.15) is 0 Å². The van der Waals surface area contributed by atoms with Gasteiger partial charge in [0.1, 0.15) is 0 Å². The Balaban J connectivity index is 1.70. The molecular formula is C15H22N2. The van der Waals surface area contributed by atoms with E-state index in [1.165, 1.54) is 44.5 Å². The molecule has 2 fully saturated rings. The maximum Gasteiger partial charge on any atom is 0.0321 e. The van der Waals surface area contributed by atoms with E-state index < -0.39 is 0 Å². The van der Waals surface area contributed by atoms with E-state index in [4.69, 9.17) is 0 Å². The summed E-state index contributed by atoms with van der Waals surface area (Å²) in [5.41, 5.74) is 1.89. The molecule has 1 spiro atoms. The molecule has 0 aliphatic carbocycles. The zero-order chi connectivity index (χ0) is 11.7. The van der Waals surface area contributed by atoms with Gasteiger partial charge >= 0.3 is 0 Å². The third-order valence-electron chi connectivity index (χ3n) is 4.55. The largest absolute Gasteiger partial charge is 0.310 e. The number of hydrogen-bond acceptors (Lipinski definition) is 2. The Bertz CT molecular complexity index is 368. The van der Waals surface area contributed by atoms with Crippen molar-refractivity contribution in [1.82, 2.24) is 10.2 Å². The first kappa shape index (κ1) is 11.2. The number of hydrogen-bond donors (Lipinski definition) is 1. The average molecular weight is 230 g/mol. The molecule has 2 aliphatic heterocycles. The molecule has 0 aromatic heterocycles. The van der Waals surface area contributed by atoms with E-state index in [9.17, 15) is 0 Å². The van der Waals surface area contributed by atoms with E-state index in [0.717, 1.165) is 0 Å². The Labute approximate surface area is 104 Å². The molecule has 2 aliphatic rings. The fourth-order valence-electron chi connectivity index (χ4n) is 3.39. The second-order valence-electron chi connectivity index (χ2n) is 5.62. The topological polar surface area (TPSA) is 15.3 Å². The van der Waals surface area contributed by atoms with Crippen molar-refractivity contribution in [3.63, 3.8) is 0 Å². The molecule has 1 N–H and O–H groups in total. The summed E-state index contributed by atoms with van der Waals surface area (Å²) in [7, 11) is 0. The van der Waals surface area contributed by atoms with Gasteiger partial charge in [-0.05, 0) is 38.3 Å². The summed E-state index contributed by atoms with van der Waals surface area (Å²) in [6, 6.07) is 11.4. The Kier molecular flexibility index (Phi) is 2.93. The molecule has 0 radical (unpaired) electrons. The molecule has 2 heteroatoms. The molecule has 0 unspecified atom stereocenters. The van der Waals surface area contributed by atoms with Crippen molar-refractivity contribution in [2.45, 2.75) is 37.8 Å².